The average Bonchev–Trinajstić information content (AvgIpc) is 2.61. The second-order valence-electron chi connectivity index (χ2n) is 5.34. The molecule has 0 aliphatic rings. The molecular weight excluding hydrogens is 305 g/mol. The molecule has 2 aromatic carbocycles. The monoisotopic (exact) mass is 329 g/mol. The minimum Gasteiger partial charge on any atom is -0.375 e. The summed E-state index contributed by atoms with van der Waals surface area (Å²) in [7, 11) is 1.72. The second-order valence-corrected chi connectivity index (χ2v) is 5.34. The lowest BCUT2D eigenvalue weighted by molar-refractivity contribution is 0.125. The summed E-state index contributed by atoms with van der Waals surface area (Å²) in [5, 5.41) is 6.40. The van der Waals surface area contributed by atoms with Gasteiger partial charge in [-0.15, -0.1) is 0 Å². The fourth-order valence-corrected chi connectivity index (χ4v) is 2.24. The van der Waals surface area contributed by atoms with Gasteiger partial charge in [-0.1, -0.05) is 42.5 Å². The predicted octanol–water partition coefficient (Wildman–Crippen LogP) is 2.75. The van der Waals surface area contributed by atoms with Crippen molar-refractivity contribution >= 4 is 5.96 Å². The maximum Gasteiger partial charge on any atom is 0.191 e. The van der Waals surface area contributed by atoms with Crippen LogP contribution in [0, 0.1) is 5.82 Å². The third-order valence-electron chi connectivity index (χ3n) is 3.47. The summed E-state index contributed by atoms with van der Waals surface area (Å²) < 4.78 is 18.7. The summed E-state index contributed by atoms with van der Waals surface area (Å²) in [4.78, 5) is 4.16. The van der Waals surface area contributed by atoms with Crippen molar-refractivity contribution in [2.24, 2.45) is 4.99 Å². The Balaban J connectivity index is 1.58. The Morgan fingerprint density at radius 3 is 2.50 bits per heavy atom. The Hall–Kier alpha value is -2.40. The van der Waals surface area contributed by atoms with Crippen LogP contribution < -0.4 is 10.6 Å². The Labute approximate surface area is 142 Å². The summed E-state index contributed by atoms with van der Waals surface area (Å²) in [6.07, 6.45) is 0.739. The Morgan fingerprint density at radius 2 is 1.75 bits per heavy atom. The molecule has 0 amide bonds. The zero-order valence-corrected chi connectivity index (χ0v) is 14.0. The first kappa shape index (κ1) is 17.9. The van der Waals surface area contributed by atoms with Gasteiger partial charge in [0.15, 0.2) is 5.96 Å². The lowest BCUT2D eigenvalue weighted by atomic mass is 10.1. The normalized spacial score (nSPS) is 11.3. The van der Waals surface area contributed by atoms with Gasteiger partial charge in [0.05, 0.1) is 13.2 Å². The molecular formula is C19H24FN3O. The highest BCUT2D eigenvalue weighted by atomic mass is 19.1. The number of nitrogens with one attached hydrogen (secondary N) is 2. The number of benzene rings is 2. The van der Waals surface area contributed by atoms with Gasteiger partial charge in [-0.3, -0.25) is 4.99 Å². The SMILES string of the molecule is CN=C(NCCOCc1ccccc1)NCCc1cccc(F)c1. The van der Waals surface area contributed by atoms with E-state index in [1.54, 1.807) is 19.2 Å². The van der Waals surface area contributed by atoms with Crippen LogP contribution in [0.1, 0.15) is 11.1 Å². The van der Waals surface area contributed by atoms with Crippen molar-refractivity contribution < 1.29 is 9.13 Å². The number of hydrogen-bond acceptors (Lipinski definition) is 2. The van der Waals surface area contributed by atoms with Gasteiger partial charge >= 0.3 is 0 Å². The Morgan fingerprint density at radius 1 is 1.00 bits per heavy atom. The van der Waals surface area contributed by atoms with E-state index in [2.05, 4.69) is 15.6 Å². The highest BCUT2D eigenvalue weighted by Crippen LogP contribution is 2.03. The van der Waals surface area contributed by atoms with Gasteiger partial charge < -0.3 is 15.4 Å². The molecule has 0 bridgehead atoms. The fourth-order valence-electron chi connectivity index (χ4n) is 2.24. The number of ether oxygens (including phenoxy) is 1. The standard InChI is InChI=1S/C19H24FN3O/c1-21-19(22-11-10-16-8-5-9-18(20)14-16)23-12-13-24-15-17-6-3-2-4-7-17/h2-9,14H,10-13,15H2,1H3,(H2,21,22,23). The van der Waals surface area contributed by atoms with E-state index >= 15 is 0 Å². The molecule has 2 rings (SSSR count). The Kier molecular flexibility index (Phi) is 7.77. The number of aliphatic imine (C=N–C) groups is 1. The molecule has 0 fully saturated rings. The zero-order chi connectivity index (χ0) is 17.0. The number of nitrogens with zero attached hydrogens (tertiary/aromatic N) is 1. The molecule has 2 aromatic rings. The first-order valence-corrected chi connectivity index (χ1v) is 8.08. The van der Waals surface area contributed by atoms with Gasteiger partial charge in [-0.05, 0) is 29.7 Å². The number of rotatable bonds is 8. The van der Waals surface area contributed by atoms with Crippen molar-refractivity contribution in [3.8, 4) is 0 Å². The predicted molar refractivity (Wildman–Crippen MR) is 95.6 cm³/mol. The number of guanidine groups is 1. The molecule has 0 saturated heterocycles. The van der Waals surface area contributed by atoms with Crippen LogP contribution in [0.2, 0.25) is 0 Å². The smallest absolute Gasteiger partial charge is 0.191 e. The van der Waals surface area contributed by atoms with Crippen LogP contribution in [0.15, 0.2) is 59.6 Å². The van der Waals surface area contributed by atoms with E-state index in [1.165, 1.54) is 6.07 Å². The molecule has 0 heterocycles. The van der Waals surface area contributed by atoms with Crippen molar-refractivity contribution in [3.63, 3.8) is 0 Å². The minimum absolute atomic E-state index is 0.203. The van der Waals surface area contributed by atoms with E-state index in [4.69, 9.17) is 4.74 Å². The van der Waals surface area contributed by atoms with Gasteiger partial charge in [0, 0.05) is 20.1 Å². The molecule has 0 radical (unpaired) electrons. The second kappa shape index (κ2) is 10.4. The third kappa shape index (κ3) is 6.79. The number of hydrogen-bond donors (Lipinski definition) is 2. The van der Waals surface area contributed by atoms with Crippen LogP contribution in [-0.4, -0.2) is 32.7 Å². The first-order valence-electron chi connectivity index (χ1n) is 8.08. The van der Waals surface area contributed by atoms with E-state index in [-0.39, 0.29) is 5.82 Å². The molecule has 0 saturated carbocycles. The molecule has 4 nitrogen and oxygen atoms in total. The van der Waals surface area contributed by atoms with E-state index in [1.807, 2.05) is 36.4 Å². The highest BCUT2D eigenvalue weighted by molar-refractivity contribution is 5.79. The van der Waals surface area contributed by atoms with Crippen molar-refractivity contribution in [2.45, 2.75) is 13.0 Å². The van der Waals surface area contributed by atoms with Gasteiger partial charge in [0.2, 0.25) is 0 Å². The zero-order valence-electron chi connectivity index (χ0n) is 14.0. The molecule has 0 atom stereocenters. The molecule has 24 heavy (non-hydrogen) atoms. The largest absolute Gasteiger partial charge is 0.375 e. The fraction of sp³-hybridized carbons (Fsp3) is 0.316. The molecule has 5 heteroatoms. The summed E-state index contributed by atoms with van der Waals surface area (Å²) in [6.45, 7) is 2.56. The lowest BCUT2D eigenvalue weighted by Gasteiger charge is -2.12. The van der Waals surface area contributed by atoms with Crippen molar-refractivity contribution in [1.82, 2.24) is 10.6 Å². The molecule has 0 spiro atoms. The average molecular weight is 329 g/mol. The van der Waals surface area contributed by atoms with Crippen LogP contribution in [0.25, 0.3) is 0 Å². The quantitative estimate of drug-likeness (QED) is 0.445. The van der Waals surface area contributed by atoms with E-state index in [9.17, 15) is 4.39 Å². The van der Waals surface area contributed by atoms with Crippen LogP contribution >= 0.6 is 0 Å². The maximum absolute atomic E-state index is 13.1. The third-order valence-corrected chi connectivity index (χ3v) is 3.47. The first-order chi connectivity index (χ1) is 11.8. The summed E-state index contributed by atoms with van der Waals surface area (Å²) in [5.74, 6) is 0.514. The highest BCUT2D eigenvalue weighted by Gasteiger charge is 1.99. The van der Waals surface area contributed by atoms with Crippen molar-refractivity contribution in [1.29, 1.82) is 0 Å². The molecule has 0 aliphatic carbocycles. The Bertz CT molecular complexity index is 632. The summed E-state index contributed by atoms with van der Waals surface area (Å²) >= 11 is 0. The molecule has 128 valence electrons. The molecule has 0 aromatic heterocycles. The van der Waals surface area contributed by atoms with Crippen LogP contribution in [0.5, 0.6) is 0 Å². The van der Waals surface area contributed by atoms with Gasteiger partial charge in [0.25, 0.3) is 0 Å². The molecule has 0 aliphatic heterocycles. The van der Waals surface area contributed by atoms with Crippen molar-refractivity contribution in [3.05, 3.63) is 71.5 Å². The lowest BCUT2D eigenvalue weighted by Crippen LogP contribution is -2.39. The van der Waals surface area contributed by atoms with Crippen LogP contribution in [0.3, 0.4) is 0 Å². The van der Waals surface area contributed by atoms with Crippen LogP contribution in [-0.2, 0) is 17.8 Å². The van der Waals surface area contributed by atoms with Gasteiger partial charge in [-0.2, -0.15) is 0 Å². The van der Waals surface area contributed by atoms with Gasteiger partial charge in [-0.25, -0.2) is 4.39 Å². The summed E-state index contributed by atoms with van der Waals surface area (Å²) in [5.41, 5.74) is 2.12. The molecule has 0 unspecified atom stereocenters. The minimum atomic E-state index is -0.203. The van der Waals surface area contributed by atoms with Gasteiger partial charge in [0.1, 0.15) is 5.82 Å². The van der Waals surface area contributed by atoms with E-state index in [0.29, 0.717) is 26.3 Å². The van der Waals surface area contributed by atoms with E-state index in [0.717, 1.165) is 23.5 Å². The van der Waals surface area contributed by atoms with Crippen LogP contribution in [0.4, 0.5) is 4.39 Å². The number of halogens is 1. The molecule has 2 N–H and O–H groups in total. The summed E-state index contributed by atoms with van der Waals surface area (Å²) in [6, 6.07) is 16.7. The van der Waals surface area contributed by atoms with Crippen molar-refractivity contribution in [2.75, 3.05) is 26.7 Å². The van der Waals surface area contributed by atoms with E-state index < -0.39 is 0 Å². The topological polar surface area (TPSA) is 45.7 Å². The maximum atomic E-state index is 13.1.